The number of aryl methyl sites for hydroxylation is 1. The fourth-order valence-electron chi connectivity index (χ4n) is 3.27. The standard InChI is InChI=1S/C24H28N4O4/c1-4-11-28(16-23(29)30)15-18-6-5-7-20(13-18)31-12-10-21-17(2)32-24(27-21)19-8-9-22(25-3)26-14-19/h4-9,13-14H,1,10-12,15-16H2,2-3H3,(H,25,26)(H,29,30). The Hall–Kier alpha value is -3.65. The minimum absolute atomic E-state index is 0.0436. The van der Waals surface area contributed by atoms with Gasteiger partial charge in [-0.15, -0.1) is 6.58 Å². The maximum atomic E-state index is 11.0. The van der Waals surface area contributed by atoms with Crippen LogP contribution in [0.4, 0.5) is 5.82 Å². The molecule has 2 N–H and O–H groups in total. The number of benzene rings is 1. The fraction of sp³-hybridized carbons (Fsp3) is 0.292. The number of anilines is 1. The van der Waals surface area contributed by atoms with Crippen LogP contribution >= 0.6 is 0 Å². The van der Waals surface area contributed by atoms with E-state index in [2.05, 4.69) is 21.9 Å². The van der Waals surface area contributed by atoms with Gasteiger partial charge in [-0.1, -0.05) is 18.2 Å². The lowest BCUT2D eigenvalue weighted by atomic mass is 10.2. The molecule has 3 rings (SSSR count). The van der Waals surface area contributed by atoms with E-state index in [0.29, 0.717) is 32.0 Å². The number of hydrogen-bond acceptors (Lipinski definition) is 7. The summed E-state index contributed by atoms with van der Waals surface area (Å²) in [5, 5.41) is 12.1. The van der Waals surface area contributed by atoms with E-state index in [4.69, 9.17) is 14.3 Å². The third-order valence-electron chi connectivity index (χ3n) is 4.82. The van der Waals surface area contributed by atoms with E-state index < -0.39 is 5.97 Å². The smallest absolute Gasteiger partial charge is 0.317 e. The van der Waals surface area contributed by atoms with Crippen molar-refractivity contribution in [2.24, 2.45) is 0 Å². The van der Waals surface area contributed by atoms with Crippen LogP contribution in [0, 0.1) is 6.92 Å². The summed E-state index contributed by atoms with van der Waals surface area (Å²) in [6.45, 7) is 6.98. The predicted octanol–water partition coefficient (Wildman–Crippen LogP) is 3.78. The van der Waals surface area contributed by atoms with E-state index in [0.717, 1.165) is 34.1 Å². The van der Waals surface area contributed by atoms with Crippen molar-refractivity contribution in [2.75, 3.05) is 32.1 Å². The maximum Gasteiger partial charge on any atom is 0.317 e. The third-order valence-corrected chi connectivity index (χ3v) is 4.82. The van der Waals surface area contributed by atoms with Crippen molar-refractivity contribution < 1.29 is 19.1 Å². The highest BCUT2D eigenvalue weighted by Crippen LogP contribution is 2.23. The first-order chi connectivity index (χ1) is 15.5. The lowest BCUT2D eigenvalue weighted by molar-refractivity contribution is -0.138. The molecule has 0 saturated carbocycles. The molecule has 0 unspecified atom stereocenters. The molecule has 8 heteroatoms. The molecule has 2 heterocycles. The maximum absolute atomic E-state index is 11.0. The van der Waals surface area contributed by atoms with Crippen molar-refractivity contribution in [3.63, 3.8) is 0 Å². The van der Waals surface area contributed by atoms with Crippen LogP contribution in [0.2, 0.25) is 0 Å². The highest BCUT2D eigenvalue weighted by atomic mass is 16.5. The number of oxazole rings is 1. The van der Waals surface area contributed by atoms with E-state index in [1.54, 1.807) is 17.2 Å². The molecule has 0 fully saturated rings. The number of aromatic nitrogens is 2. The Morgan fingerprint density at radius 2 is 2.19 bits per heavy atom. The number of pyridine rings is 1. The molecule has 0 bridgehead atoms. The topological polar surface area (TPSA) is 101 Å². The number of carbonyl (C=O) groups is 1. The molecule has 32 heavy (non-hydrogen) atoms. The Morgan fingerprint density at radius 1 is 1.34 bits per heavy atom. The minimum atomic E-state index is -0.865. The zero-order chi connectivity index (χ0) is 22.9. The largest absolute Gasteiger partial charge is 0.493 e. The second kappa shape index (κ2) is 11.1. The summed E-state index contributed by atoms with van der Waals surface area (Å²) < 4.78 is 11.7. The van der Waals surface area contributed by atoms with E-state index in [9.17, 15) is 4.79 Å². The molecule has 0 spiro atoms. The van der Waals surface area contributed by atoms with Gasteiger partial charge in [-0.3, -0.25) is 9.69 Å². The minimum Gasteiger partial charge on any atom is -0.493 e. The zero-order valence-electron chi connectivity index (χ0n) is 18.4. The van der Waals surface area contributed by atoms with Gasteiger partial charge in [0.05, 0.1) is 24.4 Å². The van der Waals surface area contributed by atoms with Crippen LogP contribution < -0.4 is 10.1 Å². The molecule has 2 aromatic heterocycles. The summed E-state index contributed by atoms with van der Waals surface area (Å²) in [7, 11) is 1.82. The molecular weight excluding hydrogens is 408 g/mol. The van der Waals surface area contributed by atoms with Gasteiger partial charge >= 0.3 is 5.97 Å². The number of ether oxygens (including phenoxy) is 1. The van der Waals surface area contributed by atoms with E-state index in [1.165, 1.54) is 0 Å². The molecule has 0 saturated heterocycles. The van der Waals surface area contributed by atoms with Crippen LogP contribution in [0.3, 0.4) is 0 Å². The molecular formula is C24H28N4O4. The molecule has 3 aromatic rings. The first-order valence-electron chi connectivity index (χ1n) is 10.4. The van der Waals surface area contributed by atoms with Gasteiger partial charge in [-0.2, -0.15) is 0 Å². The predicted molar refractivity (Wildman–Crippen MR) is 123 cm³/mol. The second-order valence-electron chi connectivity index (χ2n) is 7.30. The van der Waals surface area contributed by atoms with Crippen LogP contribution in [0.25, 0.3) is 11.5 Å². The number of carboxylic acid groups (broad SMARTS) is 1. The molecule has 1 aromatic carbocycles. The Balaban J connectivity index is 1.58. The average Bonchev–Trinajstić information content (AvgIpc) is 3.14. The van der Waals surface area contributed by atoms with Gasteiger partial charge in [0.25, 0.3) is 0 Å². The van der Waals surface area contributed by atoms with Gasteiger partial charge in [0, 0.05) is 32.8 Å². The summed E-state index contributed by atoms with van der Waals surface area (Å²) in [4.78, 5) is 21.7. The highest BCUT2D eigenvalue weighted by molar-refractivity contribution is 5.69. The Labute approximate surface area is 187 Å². The van der Waals surface area contributed by atoms with E-state index in [1.807, 2.05) is 50.4 Å². The van der Waals surface area contributed by atoms with Crippen molar-refractivity contribution in [3.8, 4) is 17.2 Å². The summed E-state index contributed by atoms with van der Waals surface area (Å²) in [5.74, 6) is 1.93. The highest BCUT2D eigenvalue weighted by Gasteiger charge is 2.13. The molecule has 0 atom stereocenters. The summed E-state index contributed by atoms with van der Waals surface area (Å²) >= 11 is 0. The Morgan fingerprint density at radius 3 is 2.88 bits per heavy atom. The average molecular weight is 437 g/mol. The third kappa shape index (κ3) is 6.42. The molecule has 0 aliphatic heterocycles. The molecule has 0 aliphatic rings. The number of nitrogens with one attached hydrogen (secondary N) is 1. The van der Waals surface area contributed by atoms with Crippen molar-refractivity contribution in [3.05, 3.63) is 72.3 Å². The van der Waals surface area contributed by atoms with Gasteiger partial charge in [0.2, 0.25) is 5.89 Å². The Bertz CT molecular complexity index is 1050. The normalized spacial score (nSPS) is 10.8. The molecule has 0 radical (unpaired) electrons. The van der Waals surface area contributed by atoms with Crippen molar-refractivity contribution >= 4 is 11.8 Å². The molecule has 8 nitrogen and oxygen atoms in total. The first-order valence-corrected chi connectivity index (χ1v) is 10.4. The van der Waals surface area contributed by atoms with Gasteiger partial charge in [-0.05, 0) is 36.8 Å². The van der Waals surface area contributed by atoms with Crippen LogP contribution in [-0.4, -0.2) is 52.7 Å². The fourth-order valence-corrected chi connectivity index (χ4v) is 3.27. The summed E-state index contributed by atoms with van der Waals surface area (Å²) in [5.41, 5.74) is 2.63. The van der Waals surface area contributed by atoms with Crippen molar-refractivity contribution in [1.82, 2.24) is 14.9 Å². The van der Waals surface area contributed by atoms with Crippen LogP contribution in [0.5, 0.6) is 5.75 Å². The Kier molecular flexibility index (Phi) is 7.99. The SMILES string of the molecule is C=CCN(CC(=O)O)Cc1cccc(OCCc2nc(-c3ccc(NC)nc3)oc2C)c1. The second-order valence-corrected chi connectivity index (χ2v) is 7.30. The summed E-state index contributed by atoms with van der Waals surface area (Å²) in [6.07, 6.45) is 4.02. The van der Waals surface area contributed by atoms with Gasteiger partial charge in [0.15, 0.2) is 0 Å². The lowest BCUT2D eigenvalue weighted by Gasteiger charge is -2.18. The molecule has 168 valence electrons. The van der Waals surface area contributed by atoms with Gasteiger partial charge < -0.3 is 19.6 Å². The number of hydrogen-bond donors (Lipinski definition) is 2. The zero-order valence-corrected chi connectivity index (χ0v) is 18.4. The lowest BCUT2D eigenvalue weighted by Crippen LogP contribution is -2.29. The molecule has 0 aliphatic carbocycles. The van der Waals surface area contributed by atoms with E-state index >= 15 is 0 Å². The van der Waals surface area contributed by atoms with Gasteiger partial charge in [0.1, 0.15) is 17.3 Å². The number of rotatable bonds is 12. The number of nitrogens with zero attached hydrogens (tertiary/aromatic N) is 3. The van der Waals surface area contributed by atoms with Crippen LogP contribution in [0.1, 0.15) is 17.0 Å². The van der Waals surface area contributed by atoms with Crippen molar-refractivity contribution in [2.45, 2.75) is 19.9 Å². The van der Waals surface area contributed by atoms with Crippen molar-refractivity contribution in [1.29, 1.82) is 0 Å². The van der Waals surface area contributed by atoms with Crippen LogP contribution in [0.15, 0.2) is 59.7 Å². The monoisotopic (exact) mass is 436 g/mol. The number of aliphatic carboxylic acids is 1. The van der Waals surface area contributed by atoms with Gasteiger partial charge in [-0.25, -0.2) is 9.97 Å². The van der Waals surface area contributed by atoms with E-state index in [-0.39, 0.29) is 6.54 Å². The number of carboxylic acids is 1. The quantitative estimate of drug-likeness (QED) is 0.414. The first kappa shape index (κ1) is 23.0. The molecule has 0 amide bonds. The van der Waals surface area contributed by atoms with Crippen LogP contribution in [-0.2, 0) is 17.8 Å². The summed E-state index contributed by atoms with van der Waals surface area (Å²) in [6, 6.07) is 11.4.